The summed E-state index contributed by atoms with van der Waals surface area (Å²) < 4.78 is 70.0. The van der Waals surface area contributed by atoms with Gasteiger partial charge < -0.3 is 15.7 Å². The second-order valence-electron chi connectivity index (χ2n) is 6.97. The van der Waals surface area contributed by atoms with Crippen molar-refractivity contribution in [1.29, 1.82) is 0 Å². The highest BCUT2D eigenvalue weighted by Crippen LogP contribution is 2.32. The van der Waals surface area contributed by atoms with Gasteiger partial charge >= 0.3 is 0 Å². The van der Waals surface area contributed by atoms with Gasteiger partial charge in [-0.2, -0.15) is 5.10 Å². The number of halogens is 5. The van der Waals surface area contributed by atoms with Crippen molar-refractivity contribution in [2.75, 3.05) is 11.4 Å². The molecule has 3 rings (SSSR count). The van der Waals surface area contributed by atoms with Crippen molar-refractivity contribution in [3.8, 4) is 0 Å². The quantitative estimate of drug-likeness (QED) is 0.209. The Morgan fingerprint density at radius 2 is 1.71 bits per heavy atom. The lowest BCUT2D eigenvalue weighted by Crippen LogP contribution is -2.39. The molecule has 0 saturated heterocycles. The van der Waals surface area contributed by atoms with Gasteiger partial charge in [0.05, 0.1) is 12.2 Å². The van der Waals surface area contributed by atoms with Crippen molar-refractivity contribution >= 4 is 41.4 Å². The molecule has 188 valence electrons. The molecule has 1 atom stereocenters. The van der Waals surface area contributed by atoms with Crippen LogP contribution in [-0.4, -0.2) is 36.9 Å². The summed E-state index contributed by atoms with van der Waals surface area (Å²) in [7, 11) is 0. The van der Waals surface area contributed by atoms with Crippen molar-refractivity contribution < 1.29 is 36.6 Å². The molecule has 0 saturated carbocycles. The van der Waals surface area contributed by atoms with Gasteiger partial charge in [-0.25, -0.2) is 31.6 Å². The number of carbonyl (C=O) groups is 2. The maximum Gasteiger partial charge on any atom is 0.283 e. The second-order valence-corrected chi connectivity index (χ2v) is 7.79. The van der Waals surface area contributed by atoms with Gasteiger partial charge in [-0.05, 0) is 18.2 Å². The molecule has 1 aromatic heterocycles. The van der Waals surface area contributed by atoms with Crippen LogP contribution in [-0.2, 0) is 12.1 Å². The summed E-state index contributed by atoms with van der Waals surface area (Å²) in [6, 6.07) is 3.97. The fourth-order valence-corrected chi connectivity index (χ4v) is 3.30. The van der Waals surface area contributed by atoms with Crippen LogP contribution in [0, 0.1) is 29.1 Å². The number of carbonyl (C=O) groups excluding carboxylic acids is 2. The number of nitrogens with two attached hydrogens (primary N) is 1. The number of amides is 2. The lowest BCUT2D eigenvalue weighted by molar-refractivity contribution is 0.00529. The second kappa shape index (κ2) is 12.0. The molecule has 2 aromatic carbocycles. The van der Waals surface area contributed by atoms with Gasteiger partial charge in [-0.3, -0.25) is 9.59 Å². The van der Waals surface area contributed by atoms with Crippen LogP contribution in [0.2, 0.25) is 0 Å². The highest BCUT2D eigenvalue weighted by molar-refractivity contribution is 7.97. The van der Waals surface area contributed by atoms with Gasteiger partial charge in [0.25, 0.3) is 10.5 Å². The van der Waals surface area contributed by atoms with Crippen molar-refractivity contribution in [1.82, 2.24) is 14.8 Å². The summed E-state index contributed by atoms with van der Waals surface area (Å²) in [5, 5.41) is 13.4. The van der Waals surface area contributed by atoms with Crippen molar-refractivity contribution in [3.05, 3.63) is 77.6 Å². The molecule has 3 N–H and O–H groups in total. The van der Waals surface area contributed by atoms with E-state index in [1.165, 1.54) is 17.3 Å². The number of aromatic nitrogens is 3. The normalized spacial score (nSPS) is 12.3. The molecular weight excluding hydrogens is 517 g/mol. The zero-order valence-corrected chi connectivity index (χ0v) is 19.4. The number of thiol groups is 2. The standard InChI is InChI=1S/C19H15F5N4O2S.CH3NOS/c20-11-1-2-12(14(22)7-11)19(30,8-27-10-25-9-26-27)5-6-28(18(29)31)15-4-3-13(21)16(23)17(15)24;2-1(3)4/h1-4,7,9-10,30H,5-6,8H2,(H,29,31);(H3,2,3,4)/t19-;/m0./s1. The average molecular weight is 536 g/mol. The Morgan fingerprint density at radius 1 is 1.06 bits per heavy atom. The van der Waals surface area contributed by atoms with Crippen LogP contribution in [0.1, 0.15) is 12.0 Å². The third-order valence-electron chi connectivity index (χ3n) is 4.61. The lowest BCUT2D eigenvalue weighted by atomic mass is 9.89. The summed E-state index contributed by atoms with van der Waals surface area (Å²) >= 11 is 6.73. The predicted molar refractivity (Wildman–Crippen MR) is 122 cm³/mol. The topological polar surface area (TPSA) is 114 Å². The third kappa shape index (κ3) is 7.40. The summed E-state index contributed by atoms with van der Waals surface area (Å²) in [6.07, 6.45) is 1.98. The summed E-state index contributed by atoms with van der Waals surface area (Å²) in [4.78, 5) is 25.4. The molecule has 1 heterocycles. The summed E-state index contributed by atoms with van der Waals surface area (Å²) in [5.74, 6) is -6.82. The maximum atomic E-state index is 14.4. The molecule has 35 heavy (non-hydrogen) atoms. The smallest absolute Gasteiger partial charge is 0.283 e. The first-order chi connectivity index (χ1) is 16.4. The van der Waals surface area contributed by atoms with Crippen molar-refractivity contribution in [2.45, 2.75) is 18.6 Å². The van der Waals surface area contributed by atoms with E-state index in [4.69, 9.17) is 4.79 Å². The highest BCUT2D eigenvalue weighted by atomic mass is 32.1. The van der Waals surface area contributed by atoms with E-state index >= 15 is 0 Å². The molecule has 0 unspecified atom stereocenters. The van der Waals surface area contributed by atoms with E-state index in [9.17, 15) is 31.9 Å². The number of anilines is 1. The molecule has 0 spiro atoms. The van der Waals surface area contributed by atoms with Gasteiger partial charge in [-0.15, -0.1) is 0 Å². The molecule has 0 aliphatic carbocycles. The van der Waals surface area contributed by atoms with E-state index in [1.807, 2.05) is 0 Å². The van der Waals surface area contributed by atoms with Crippen molar-refractivity contribution in [2.24, 2.45) is 5.73 Å². The minimum Gasteiger partial charge on any atom is -0.383 e. The van der Waals surface area contributed by atoms with Gasteiger partial charge in [0.2, 0.25) is 0 Å². The van der Waals surface area contributed by atoms with E-state index in [2.05, 4.69) is 41.1 Å². The Labute approximate surface area is 206 Å². The lowest BCUT2D eigenvalue weighted by Gasteiger charge is -2.31. The largest absolute Gasteiger partial charge is 0.383 e. The first-order valence-electron chi connectivity index (χ1n) is 9.48. The van der Waals surface area contributed by atoms with Crippen LogP contribution in [0.5, 0.6) is 0 Å². The molecule has 2 amide bonds. The number of nitrogens with zero attached hydrogens (tertiary/aromatic N) is 4. The zero-order chi connectivity index (χ0) is 26.3. The zero-order valence-electron chi connectivity index (χ0n) is 17.6. The fourth-order valence-electron chi connectivity index (χ4n) is 3.09. The number of hydrogen-bond acceptors (Lipinski definition) is 5. The summed E-state index contributed by atoms with van der Waals surface area (Å²) in [6.45, 7) is -0.837. The van der Waals surface area contributed by atoms with Gasteiger partial charge in [0, 0.05) is 24.6 Å². The van der Waals surface area contributed by atoms with Crippen LogP contribution in [0.4, 0.5) is 37.2 Å². The SMILES string of the molecule is NC(=O)S.O=C(S)N(CC[C@](O)(Cn1cncn1)c1ccc(F)cc1F)c1ccc(F)c(F)c1F. The Morgan fingerprint density at radius 3 is 2.26 bits per heavy atom. The molecule has 0 aliphatic rings. The molecular formula is C20H18F5N5O3S2. The molecule has 0 bridgehead atoms. The Bertz CT molecular complexity index is 1200. The van der Waals surface area contributed by atoms with E-state index in [1.54, 1.807) is 0 Å². The Balaban J connectivity index is 0.00000100. The number of benzene rings is 2. The molecule has 15 heteroatoms. The number of rotatable bonds is 7. The molecule has 3 aromatic rings. The van der Waals surface area contributed by atoms with Crippen LogP contribution < -0.4 is 10.6 Å². The van der Waals surface area contributed by atoms with E-state index in [0.717, 1.165) is 18.2 Å². The Hall–Kier alpha value is -3.17. The molecule has 0 fully saturated rings. The van der Waals surface area contributed by atoms with Crippen LogP contribution in [0.3, 0.4) is 0 Å². The van der Waals surface area contributed by atoms with Crippen LogP contribution >= 0.6 is 25.3 Å². The van der Waals surface area contributed by atoms with E-state index in [0.29, 0.717) is 17.0 Å². The molecule has 8 nitrogen and oxygen atoms in total. The Kier molecular flexibility index (Phi) is 9.62. The monoisotopic (exact) mass is 535 g/mol. The highest BCUT2D eigenvalue weighted by Gasteiger charge is 2.35. The van der Waals surface area contributed by atoms with Crippen LogP contribution in [0.25, 0.3) is 0 Å². The number of aliphatic hydroxyl groups is 1. The molecule has 0 aliphatic heterocycles. The van der Waals surface area contributed by atoms with Gasteiger partial charge in [0.15, 0.2) is 17.5 Å². The number of hydrogen-bond donors (Lipinski definition) is 4. The first-order valence-corrected chi connectivity index (χ1v) is 10.4. The minimum absolute atomic E-state index is 0.318. The maximum absolute atomic E-state index is 14.4. The fraction of sp³-hybridized carbons (Fsp3) is 0.200. The van der Waals surface area contributed by atoms with E-state index < -0.39 is 63.8 Å². The van der Waals surface area contributed by atoms with Crippen molar-refractivity contribution in [3.63, 3.8) is 0 Å². The van der Waals surface area contributed by atoms with Crippen LogP contribution in [0.15, 0.2) is 43.0 Å². The number of primary amides is 1. The third-order valence-corrected chi connectivity index (χ3v) is 4.85. The van der Waals surface area contributed by atoms with Gasteiger partial charge in [0.1, 0.15) is 29.9 Å². The first kappa shape index (κ1) is 28.1. The molecule has 0 radical (unpaired) electrons. The average Bonchev–Trinajstić information content (AvgIpc) is 3.25. The van der Waals surface area contributed by atoms with E-state index in [-0.39, 0.29) is 12.1 Å². The predicted octanol–water partition coefficient (Wildman–Crippen LogP) is 3.80. The van der Waals surface area contributed by atoms with Gasteiger partial charge in [-0.1, -0.05) is 31.3 Å². The summed E-state index contributed by atoms with van der Waals surface area (Å²) in [5.41, 5.74) is 1.33. The minimum atomic E-state index is -2.07.